The van der Waals surface area contributed by atoms with E-state index in [4.69, 9.17) is 4.74 Å². The average molecular weight is 460 g/mol. The molecule has 0 aliphatic carbocycles. The summed E-state index contributed by atoms with van der Waals surface area (Å²) in [4.78, 5) is 4.29. The average Bonchev–Trinajstić information content (AvgIpc) is 2.84. The Bertz CT molecular complexity index is 1050. The SMILES string of the molecule is CCCC(C)c1cccc(C(C)(CC)Pc2ccccc2C=NC)c1OCc1ccccc1. The Morgan fingerprint density at radius 2 is 1.70 bits per heavy atom. The van der Waals surface area contributed by atoms with Crippen LogP contribution in [-0.2, 0) is 11.8 Å². The molecule has 0 radical (unpaired) electrons. The molecule has 33 heavy (non-hydrogen) atoms. The molecule has 0 fully saturated rings. The first-order valence-corrected chi connectivity index (χ1v) is 13.1. The smallest absolute Gasteiger partial charge is 0.127 e. The summed E-state index contributed by atoms with van der Waals surface area (Å²) < 4.78 is 6.66. The van der Waals surface area contributed by atoms with Crippen LogP contribution in [0.2, 0.25) is 0 Å². The highest BCUT2D eigenvalue weighted by Gasteiger charge is 2.31. The summed E-state index contributed by atoms with van der Waals surface area (Å²) in [5.74, 6) is 1.55. The van der Waals surface area contributed by atoms with E-state index < -0.39 is 0 Å². The topological polar surface area (TPSA) is 21.6 Å². The van der Waals surface area contributed by atoms with Crippen LogP contribution in [0.3, 0.4) is 0 Å². The number of aliphatic imine (C=N–C) groups is 1. The quantitative estimate of drug-likeness (QED) is 0.211. The second-order valence-corrected chi connectivity index (χ2v) is 10.9. The van der Waals surface area contributed by atoms with E-state index in [1.54, 1.807) is 0 Å². The molecule has 0 spiro atoms. The number of hydrogen-bond donors (Lipinski definition) is 0. The van der Waals surface area contributed by atoms with Crippen molar-refractivity contribution < 1.29 is 4.74 Å². The molecule has 2 nitrogen and oxygen atoms in total. The summed E-state index contributed by atoms with van der Waals surface area (Å²) in [6.45, 7) is 9.87. The lowest BCUT2D eigenvalue weighted by molar-refractivity contribution is 0.294. The Labute approximate surface area is 202 Å². The van der Waals surface area contributed by atoms with Gasteiger partial charge < -0.3 is 4.74 Å². The van der Waals surface area contributed by atoms with Gasteiger partial charge in [-0.05, 0) is 40.8 Å². The van der Waals surface area contributed by atoms with Gasteiger partial charge in [0, 0.05) is 24.0 Å². The van der Waals surface area contributed by atoms with Crippen molar-refractivity contribution in [2.75, 3.05) is 7.05 Å². The van der Waals surface area contributed by atoms with Gasteiger partial charge in [-0.1, -0.05) is 115 Å². The first-order chi connectivity index (χ1) is 16.0. The first-order valence-electron chi connectivity index (χ1n) is 12.1. The van der Waals surface area contributed by atoms with Crippen LogP contribution in [0, 0.1) is 0 Å². The molecule has 3 rings (SSSR count). The largest absolute Gasteiger partial charge is 0.488 e. The maximum absolute atomic E-state index is 6.66. The minimum Gasteiger partial charge on any atom is -0.488 e. The summed E-state index contributed by atoms with van der Waals surface area (Å²) >= 11 is 0. The predicted molar refractivity (Wildman–Crippen MR) is 146 cm³/mol. The minimum absolute atomic E-state index is 0.0222. The number of hydrogen-bond acceptors (Lipinski definition) is 2. The number of para-hydroxylation sites is 1. The van der Waals surface area contributed by atoms with Crippen LogP contribution in [0.5, 0.6) is 5.75 Å². The van der Waals surface area contributed by atoms with Crippen molar-refractivity contribution in [1.82, 2.24) is 0 Å². The summed E-state index contributed by atoms with van der Waals surface area (Å²) in [6, 6.07) is 25.9. The molecule has 0 heterocycles. The van der Waals surface area contributed by atoms with Crippen LogP contribution in [0.1, 0.15) is 75.1 Å². The van der Waals surface area contributed by atoms with Crippen LogP contribution >= 0.6 is 8.58 Å². The molecule has 174 valence electrons. The van der Waals surface area contributed by atoms with Gasteiger partial charge in [0.2, 0.25) is 0 Å². The third-order valence-corrected chi connectivity index (χ3v) is 8.36. The van der Waals surface area contributed by atoms with Crippen molar-refractivity contribution in [3.05, 3.63) is 95.1 Å². The second kappa shape index (κ2) is 12.1. The van der Waals surface area contributed by atoms with Gasteiger partial charge in [0.25, 0.3) is 0 Å². The molecule has 0 amide bonds. The number of ether oxygens (including phenoxy) is 1. The molecule has 0 N–H and O–H groups in total. The molecule has 3 aromatic carbocycles. The predicted octanol–water partition coefficient (Wildman–Crippen LogP) is 7.85. The van der Waals surface area contributed by atoms with Gasteiger partial charge in [0.15, 0.2) is 0 Å². The van der Waals surface area contributed by atoms with Crippen LogP contribution in [-0.4, -0.2) is 13.3 Å². The van der Waals surface area contributed by atoms with Crippen LogP contribution in [0.25, 0.3) is 0 Å². The van der Waals surface area contributed by atoms with Gasteiger partial charge in [-0.25, -0.2) is 0 Å². The number of nitrogens with zero attached hydrogens (tertiary/aromatic N) is 1. The van der Waals surface area contributed by atoms with Crippen LogP contribution < -0.4 is 10.0 Å². The van der Waals surface area contributed by atoms with Gasteiger partial charge >= 0.3 is 0 Å². The fourth-order valence-electron chi connectivity index (χ4n) is 4.36. The summed E-state index contributed by atoms with van der Waals surface area (Å²) in [5, 5.41) is 1.33. The molecule has 3 heteroatoms. The van der Waals surface area contributed by atoms with Crippen molar-refractivity contribution in [2.45, 2.75) is 64.6 Å². The van der Waals surface area contributed by atoms with E-state index in [1.165, 1.54) is 34.0 Å². The highest BCUT2D eigenvalue weighted by molar-refractivity contribution is 7.48. The normalized spacial score (nSPS) is 14.6. The number of rotatable bonds is 11. The zero-order valence-electron chi connectivity index (χ0n) is 20.8. The molecule has 0 saturated carbocycles. The van der Waals surface area contributed by atoms with E-state index in [0.717, 1.165) is 18.6 Å². The van der Waals surface area contributed by atoms with Gasteiger partial charge in [-0.3, -0.25) is 4.99 Å². The Morgan fingerprint density at radius 3 is 2.39 bits per heavy atom. The molecule has 3 atom stereocenters. The summed E-state index contributed by atoms with van der Waals surface area (Å²) in [7, 11) is 2.46. The Kier molecular flexibility index (Phi) is 9.27. The van der Waals surface area contributed by atoms with Crippen molar-refractivity contribution in [3.8, 4) is 5.75 Å². The maximum atomic E-state index is 6.66. The monoisotopic (exact) mass is 459 g/mol. The standard InChI is InChI=1S/C30H38NOP/c1-6-14-23(3)26-18-13-19-27(29(26)32-22-24-15-9-8-10-16-24)30(4,7-2)33-28-20-12-11-17-25(28)21-31-5/h8-13,15-21,23,33H,6-7,14,22H2,1-5H3. The van der Waals surface area contributed by atoms with E-state index in [9.17, 15) is 0 Å². The van der Waals surface area contributed by atoms with Crippen molar-refractivity contribution in [1.29, 1.82) is 0 Å². The summed E-state index contributed by atoms with van der Waals surface area (Å²) in [6.07, 6.45) is 5.34. The fraction of sp³-hybridized carbons (Fsp3) is 0.367. The molecule has 0 bridgehead atoms. The maximum Gasteiger partial charge on any atom is 0.127 e. The second-order valence-electron chi connectivity index (χ2n) is 8.97. The Balaban J connectivity index is 2.05. The van der Waals surface area contributed by atoms with E-state index in [0.29, 0.717) is 21.1 Å². The first kappa shape index (κ1) is 25.2. The Morgan fingerprint density at radius 1 is 0.970 bits per heavy atom. The van der Waals surface area contributed by atoms with Crippen molar-refractivity contribution in [3.63, 3.8) is 0 Å². The molecule has 0 saturated heterocycles. The lowest BCUT2D eigenvalue weighted by Crippen LogP contribution is -2.22. The van der Waals surface area contributed by atoms with Gasteiger partial charge in [0.05, 0.1) is 0 Å². The highest BCUT2D eigenvalue weighted by Crippen LogP contribution is 2.49. The molecule has 0 aliphatic rings. The summed E-state index contributed by atoms with van der Waals surface area (Å²) in [5.41, 5.74) is 5.06. The number of benzene rings is 3. The fourth-order valence-corrected chi connectivity index (χ4v) is 5.94. The van der Waals surface area contributed by atoms with Gasteiger partial charge in [-0.15, -0.1) is 0 Å². The van der Waals surface area contributed by atoms with Crippen molar-refractivity contribution in [2.24, 2.45) is 4.99 Å². The zero-order valence-corrected chi connectivity index (χ0v) is 21.8. The lowest BCUT2D eigenvalue weighted by Gasteiger charge is -2.33. The molecule has 0 aromatic heterocycles. The lowest BCUT2D eigenvalue weighted by atomic mass is 9.88. The van der Waals surface area contributed by atoms with E-state index in [2.05, 4.69) is 105 Å². The zero-order chi connectivity index (χ0) is 23.7. The highest BCUT2D eigenvalue weighted by atomic mass is 31.1. The van der Waals surface area contributed by atoms with E-state index in [1.807, 2.05) is 13.3 Å². The van der Waals surface area contributed by atoms with Crippen LogP contribution in [0.15, 0.2) is 77.8 Å². The molecule has 3 aromatic rings. The van der Waals surface area contributed by atoms with Gasteiger partial charge in [-0.2, -0.15) is 0 Å². The van der Waals surface area contributed by atoms with Gasteiger partial charge in [0.1, 0.15) is 12.4 Å². The third-order valence-electron chi connectivity index (χ3n) is 6.47. The third kappa shape index (κ3) is 6.33. The Hall–Kier alpha value is -2.44. The molecular formula is C30H38NOP. The minimum atomic E-state index is -0.0222. The van der Waals surface area contributed by atoms with Crippen LogP contribution in [0.4, 0.5) is 0 Å². The molecular weight excluding hydrogens is 421 g/mol. The van der Waals surface area contributed by atoms with Crippen molar-refractivity contribution >= 4 is 20.1 Å². The molecule has 3 unspecified atom stereocenters. The van der Waals surface area contributed by atoms with E-state index >= 15 is 0 Å². The van der Waals surface area contributed by atoms with E-state index in [-0.39, 0.29) is 5.16 Å². The molecule has 0 aliphatic heterocycles.